The molecule has 0 bridgehead atoms. The summed E-state index contributed by atoms with van der Waals surface area (Å²) in [6, 6.07) is 13.0. The first-order valence-corrected chi connectivity index (χ1v) is 8.37. The highest BCUT2D eigenvalue weighted by atomic mass is 16.2. The van der Waals surface area contributed by atoms with E-state index < -0.39 is 0 Å². The van der Waals surface area contributed by atoms with E-state index in [0.717, 1.165) is 11.3 Å². The van der Waals surface area contributed by atoms with Gasteiger partial charge < -0.3 is 15.5 Å². The highest BCUT2D eigenvalue weighted by molar-refractivity contribution is 5.90. The van der Waals surface area contributed by atoms with Crippen LogP contribution in [0.25, 0.3) is 0 Å². The Hall–Kier alpha value is -2.89. The molecular formula is C19H22N4O2. The van der Waals surface area contributed by atoms with Gasteiger partial charge in [-0.2, -0.15) is 0 Å². The van der Waals surface area contributed by atoms with Crippen molar-refractivity contribution in [3.05, 3.63) is 59.9 Å². The van der Waals surface area contributed by atoms with Crippen LogP contribution in [-0.4, -0.2) is 34.4 Å². The van der Waals surface area contributed by atoms with Crippen molar-refractivity contribution < 1.29 is 9.59 Å². The molecule has 6 heteroatoms. The van der Waals surface area contributed by atoms with Gasteiger partial charge in [0.2, 0.25) is 5.91 Å². The number of nitrogens with one attached hydrogen (secondary N) is 2. The molecule has 0 aliphatic carbocycles. The maximum Gasteiger partial charge on any atom is 0.319 e. The molecule has 1 aromatic heterocycles. The molecule has 1 aliphatic heterocycles. The highest BCUT2D eigenvalue weighted by Crippen LogP contribution is 2.25. The summed E-state index contributed by atoms with van der Waals surface area (Å²) in [7, 11) is 0. The van der Waals surface area contributed by atoms with Gasteiger partial charge >= 0.3 is 6.03 Å². The van der Waals surface area contributed by atoms with Gasteiger partial charge in [0.15, 0.2) is 0 Å². The van der Waals surface area contributed by atoms with Crippen molar-refractivity contribution in [2.75, 3.05) is 11.9 Å². The van der Waals surface area contributed by atoms with Crippen LogP contribution >= 0.6 is 0 Å². The lowest BCUT2D eigenvalue weighted by Gasteiger charge is -2.25. The molecule has 0 spiro atoms. The second-order valence-electron chi connectivity index (χ2n) is 6.32. The molecule has 2 unspecified atom stereocenters. The van der Waals surface area contributed by atoms with E-state index in [1.807, 2.05) is 55.1 Å². The molecule has 0 saturated carbocycles. The van der Waals surface area contributed by atoms with Crippen molar-refractivity contribution in [3.8, 4) is 0 Å². The molecule has 25 heavy (non-hydrogen) atoms. The predicted octanol–water partition coefficient (Wildman–Crippen LogP) is 2.87. The zero-order valence-corrected chi connectivity index (χ0v) is 14.4. The number of aromatic nitrogens is 1. The first kappa shape index (κ1) is 17.0. The first-order valence-electron chi connectivity index (χ1n) is 8.37. The number of hydrogen-bond donors (Lipinski definition) is 2. The van der Waals surface area contributed by atoms with Crippen LogP contribution in [0.3, 0.4) is 0 Å². The normalized spacial score (nSPS) is 18.1. The van der Waals surface area contributed by atoms with Gasteiger partial charge in [-0.3, -0.25) is 9.78 Å². The SMILES string of the molecule is Cc1ccc(NC(=O)NC2CC(=O)N(C(C)c3ccccc3)C2)cn1. The van der Waals surface area contributed by atoms with Crippen LogP contribution in [0.4, 0.5) is 10.5 Å². The number of amides is 3. The van der Waals surface area contributed by atoms with Crippen LogP contribution in [0.2, 0.25) is 0 Å². The van der Waals surface area contributed by atoms with E-state index >= 15 is 0 Å². The first-order chi connectivity index (χ1) is 12.0. The van der Waals surface area contributed by atoms with Gasteiger partial charge in [-0.1, -0.05) is 30.3 Å². The average molecular weight is 338 g/mol. The second-order valence-corrected chi connectivity index (χ2v) is 6.32. The van der Waals surface area contributed by atoms with Crippen molar-refractivity contribution in [3.63, 3.8) is 0 Å². The molecule has 2 atom stereocenters. The van der Waals surface area contributed by atoms with Gasteiger partial charge in [0, 0.05) is 18.7 Å². The summed E-state index contributed by atoms with van der Waals surface area (Å²) >= 11 is 0. The summed E-state index contributed by atoms with van der Waals surface area (Å²) in [5.41, 5.74) is 2.60. The third-order valence-electron chi connectivity index (χ3n) is 4.41. The van der Waals surface area contributed by atoms with E-state index in [-0.39, 0.29) is 24.0 Å². The van der Waals surface area contributed by atoms with E-state index in [1.54, 1.807) is 12.3 Å². The molecule has 1 aliphatic rings. The van der Waals surface area contributed by atoms with Crippen LogP contribution in [0, 0.1) is 6.92 Å². The van der Waals surface area contributed by atoms with Crippen LogP contribution in [0.1, 0.15) is 30.6 Å². The zero-order chi connectivity index (χ0) is 17.8. The minimum atomic E-state index is -0.322. The lowest BCUT2D eigenvalue weighted by Crippen LogP contribution is -2.40. The summed E-state index contributed by atoms with van der Waals surface area (Å²) in [5.74, 6) is 0.0543. The molecule has 2 aromatic rings. The topological polar surface area (TPSA) is 74.3 Å². The molecule has 2 heterocycles. The van der Waals surface area contributed by atoms with Gasteiger partial charge in [-0.15, -0.1) is 0 Å². The van der Waals surface area contributed by atoms with Gasteiger partial charge in [0.1, 0.15) is 0 Å². The van der Waals surface area contributed by atoms with Crippen LogP contribution < -0.4 is 10.6 Å². The van der Waals surface area contributed by atoms with Gasteiger partial charge in [0.05, 0.1) is 24.0 Å². The van der Waals surface area contributed by atoms with E-state index in [1.165, 1.54) is 0 Å². The third kappa shape index (κ3) is 4.15. The van der Waals surface area contributed by atoms with Gasteiger partial charge in [-0.25, -0.2) is 4.79 Å². The zero-order valence-electron chi connectivity index (χ0n) is 14.4. The summed E-state index contributed by atoms with van der Waals surface area (Å²) in [5, 5.41) is 5.61. The van der Waals surface area contributed by atoms with Crippen LogP contribution in [0.15, 0.2) is 48.7 Å². The number of carbonyl (C=O) groups is 2. The second kappa shape index (κ2) is 7.34. The van der Waals surface area contributed by atoms with Gasteiger partial charge in [0.25, 0.3) is 0 Å². The Morgan fingerprint density at radius 2 is 2.00 bits per heavy atom. The number of pyridine rings is 1. The molecule has 1 saturated heterocycles. The molecule has 3 rings (SSSR count). The van der Waals surface area contributed by atoms with Crippen LogP contribution in [-0.2, 0) is 4.79 Å². The van der Waals surface area contributed by atoms with Crippen molar-refractivity contribution in [2.24, 2.45) is 0 Å². The fourth-order valence-electron chi connectivity index (χ4n) is 3.01. The monoisotopic (exact) mass is 338 g/mol. The number of anilines is 1. The fourth-order valence-corrected chi connectivity index (χ4v) is 3.01. The number of urea groups is 1. The quantitative estimate of drug-likeness (QED) is 0.900. The minimum absolute atomic E-state index is 0.00939. The highest BCUT2D eigenvalue weighted by Gasteiger charge is 2.33. The lowest BCUT2D eigenvalue weighted by molar-refractivity contribution is -0.129. The van der Waals surface area contributed by atoms with E-state index in [0.29, 0.717) is 18.7 Å². The van der Waals surface area contributed by atoms with E-state index in [4.69, 9.17) is 0 Å². The summed E-state index contributed by atoms with van der Waals surface area (Å²) in [4.78, 5) is 30.4. The summed E-state index contributed by atoms with van der Waals surface area (Å²) < 4.78 is 0. The number of carbonyl (C=O) groups excluding carboxylic acids is 2. The number of likely N-dealkylation sites (tertiary alicyclic amines) is 1. The Morgan fingerprint density at radius 1 is 1.24 bits per heavy atom. The lowest BCUT2D eigenvalue weighted by atomic mass is 10.1. The van der Waals surface area contributed by atoms with Crippen molar-refractivity contribution in [1.82, 2.24) is 15.2 Å². The summed E-state index contributed by atoms with van der Waals surface area (Å²) in [6.45, 7) is 4.40. The number of hydrogen-bond acceptors (Lipinski definition) is 3. The number of rotatable bonds is 4. The molecule has 1 aromatic carbocycles. The Morgan fingerprint density at radius 3 is 2.68 bits per heavy atom. The fraction of sp³-hybridized carbons (Fsp3) is 0.316. The molecule has 130 valence electrons. The maximum absolute atomic E-state index is 12.3. The van der Waals surface area contributed by atoms with Gasteiger partial charge in [-0.05, 0) is 31.5 Å². The smallest absolute Gasteiger partial charge is 0.319 e. The van der Waals surface area contributed by atoms with E-state index in [9.17, 15) is 9.59 Å². The molecule has 6 nitrogen and oxygen atoms in total. The molecule has 0 radical (unpaired) electrons. The average Bonchev–Trinajstić information content (AvgIpc) is 2.97. The Bertz CT molecular complexity index is 746. The minimum Gasteiger partial charge on any atom is -0.334 e. The van der Waals surface area contributed by atoms with Crippen LogP contribution in [0.5, 0.6) is 0 Å². The largest absolute Gasteiger partial charge is 0.334 e. The maximum atomic E-state index is 12.3. The Labute approximate surface area is 147 Å². The standard InChI is InChI=1S/C19H22N4O2/c1-13-8-9-16(11-20-13)21-19(25)22-17-10-18(24)23(12-17)14(2)15-6-4-3-5-7-15/h3-9,11,14,17H,10,12H2,1-2H3,(H2,21,22,25). The molecule has 1 fully saturated rings. The predicted molar refractivity (Wildman–Crippen MR) is 96.1 cm³/mol. The van der Waals surface area contributed by atoms with Crippen molar-refractivity contribution in [1.29, 1.82) is 0 Å². The number of aryl methyl sites for hydroxylation is 1. The van der Waals surface area contributed by atoms with Crippen molar-refractivity contribution in [2.45, 2.75) is 32.4 Å². The Kier molecular flexibility index (Phi) is 4.97. The molecular weight excluding hydrogens is 316 g/mol. The molecule has 2 N–H and O–H groups in total. The van der Waals surface area contributed by atoms with E-state index in [2.05, 4.69) is 15.6 Å². The number of benzene rings is 1. The third-order valence-corrected chi connectivity index (χ3v) is 4.41. The number of nitrogens with zero attached hydrogens (tertiary/aromatic N) is 2. The molecule has 3 amide bonds. The van der Waals surface area contributed by atoms with Crippen molar-refractivity contribution >= 4 is 17.6 Å². The Balaban J connectivity index is 1.57. The summed E-state index contributed by atoms with van der Waals surface area (Å²) in [6.07, 6.45) is 1.93.